The summed E-state index contributed by atoms with van der Waals surface area (Å²) in [6, 6.07) is 19.9. The van der Waals surface area contributed by atoms with E-state index in [2.05, 4.69) is 59.6 Å². The van der Waals surface area contributed by atoms with Gasteiger partial charge in [0.2, 0.25) is 0 Å². The highest BCUT2D eigenvalue weighted by atomic mass is 16.6. The molecule has 10 nitrogen and oxygen atoms in total. The third-order valence-electron chi connectivity index (χ3n) is 9.01. The second-order valence-electron chi connectivity index (χ2n) is 12.4. The topological polar surface area (TPSA) is 137 Å². The molecule has 3 atom stereocenters. The van der Waals surface area contributed by atoms with Crippen molar-refractivity contribution in [2.75, 3.05) is 13.2 Å². The van der Waals surface area contributed by atoms with Crippen LogP contribution in [0, 0.1) is 0 Å². The lowest BCUT2D eigenvalue weighted by Crippen LogP contribution is -2.34. The van der Waals surface area contributed by atoms with Gasteiger partial charge in [0.05, 0.1) is 24.7 Å². The normalized spacial score (nSPS) is 18.0. The molecular formula is C37H40N2O8. The van der Waals surface area contributed by atoms with Crippen molar-refractivity contribution in [3.8, 4) is 0 Å². The Bertz CT molecular complexity index is 1980. The molecule has 4 aromatic carbocycles. The third-order valence-corrected chi connectivity index (χ3v) is 9.01. The van der Waals surface area contributed by atoms with Crippen LogP contribution in [0.25, 0.3) is 32.3 Å². The van der Waals surface area contributed by atoms with Gasteiger partial charge in [-0.15, -0.1) is 0 Å². The molecule has 246 valence electrons. The van der Waals surface area contributed by atoms with Crippen molar-refractivity contribution < 1.29 is 28.9 Å². The van der Waals surface area contributed by atoms with E-state index in [0.29, 0.717) is 6.61 Å². The summed E-state index contributed by atoms with van der Waals surface area (Å²) < 4.78 is 17.9. The van der Waals surface area contributed by atoms with Crippen molar-refractivity contribution in [3.05, 3.63) is 92.8 Å². The van der Waals surface area contributed by atoms with Crippen LogP contribution in [0.3, 0.4) is 0 Å². The van der Waals surface area contributed by atoms with E-state index < -0.39 is 35.7 Å². The number of aryl methyl sites for hydroxylation is 1. The minimum Gasteiger partial charge on any atom is -0.463 e. The van der Waals surface area contributed by atoms with Crippen LogP contribution in [0.5, 0.6) is 0 Å². The first-order valence-corrected chi connectivity index (χ1v) is 16.3. The maximum atomic E-state index is 12.5. The molecule has 0 amide bonds. The van der Waals surface area contributed by atoms with Gasteiger partial charge in [-0.3, -0.25) is 19.1 Å². The molecular weight excluding hydrogens is 600 g/mol. The number of ketones is 1. The number of nitrogens with one attached hydrogen (secondary N) is 1. The fraction of sp³-hybridized carbons (Fsp3) is 0.405. The number of hydrogen-bond donors (Lipinski definition) is 2. The van der Waals surface area contributed by atoms with Gasteiger partial charge in [0.25, 0.3) is 5.56 Å². The highest BCUT2D eigenvalue weighted by Crippen LogP contribution is 2.36. The van der Waals surface area contributed by atoms with Crippen LogP contribution in [0.1, 0.15) is 69.2 Å². The summed E-state index contributed by atoms with van der Waals surface area (Å²) in [6.07, 6.45) is 3.83. The minimum atomic E-state index is -0.979. The van der Waals surface area contributed by atoms with Gasteiger partial charge in [-0.05, 0) is 64.1 Å². The quantitative estimate of drug-likeness (QED) is 0.0892. The molecule has 1 aliphatic rings. The fourth-order valence-corrected chi connectivity index (χ4v) is 6.47. The first kappa shape index (κ1) is 32.6. The van der Waals surface area contributed by atoms with Gasteiger partial charge in [0.1, 0.15) is 24.7 Å². The number of aliphatic hydroxyl groups is 1. The first-order valence-electron chi connectivity index (χ1n) is 16.3. The number of aliphatic hydroxyl groups excluding tert-OH is 1. The van der Waals surface area contributed by atoms with Crippen molar-refractivity contribution in [1.29, 1.82) is 0 Å². The number of nitrogens with zero attached hydrogens (tertiary/aromatic N) is 1. The number of carbonyl (C=O) groups excluding carboxylic acids is 2. The number of Topliss-reactive ketones (excluding diaryl/α,β-unsaturated/α-hetero) is 1. The Morgan fingerprint density at radius 1 is 0.915 bits per heavy atom. The number of esters is 1. The van der Waals surface area contributed by atoms with E-state index >= 15 is 0 Å². The first-order chi connectivity index (χ1) is 22.8. The summed E-state index contributed by atoms with van der Waals surface area (Å²) >= 11 is 0. The van der Waals surface area contributed by atoms with E-state index in [1.54, 1.807) is 0 Å². The highest BCUT2D eigenvalue weighted by Gasteiger charge is 2.36. The average molecular weight is 641 g/mol. The molecule has 1 fully saturated rings. The van der Waals surface area contributed by atoms with E-state index in [-0.39, 0.29) is 43.8 Å². The largest absolute Gasteiger partial charge is 0.463 e. The van der Waals surface area contributed by atoms with Gasteiger partial charge in [-0.2, -0.15) is 0 Å². The van der Waals surface area contributed by atoms with E-state index in [0.717, 1.165) is 32.1 Å². The second-order valence-corrected chi connectivity index (χ2v) is 12.4. The maximum Gasteiger partial charge on any atom is 0.330 e. The molecule has 0 spiro atoms. The van der Waals surface area contributed by atoms with Gasteiger partial charge in [-0.1, -0.05) is 67.4 Å². The molecule has 1 aromatic heterocycles. The molecule has 0 saturated carbocycles. The average Bonchev–Trinajstić information content (AvgIpc) is 3.43. The molecule has 0 radical (unpaired) electrons. The Morgan fingerprint density at radius 3 is 2.43 bits per heavy atom. The van der Waals surface area contributed by atoms with E-state index in [1.807, 2.05) is 0 Å². The molecule has 2 N–H and O–H groups in total. The van der Waals surface area contributed by atoms with Crippen LogP contribution in [0.4, 0.5) is 0 Å². The number of aromatic amines is 1. The summed E-state index contributed by atoms with van der Waals surface area (Å²) in [4.78, 5) is 50.2. The van der Waals surface area contributed by atoms with E-state index in [9.17, 15) is 24.3 Å². The lowest BCUT2D eigenvalue weighted by atomic mass is 9.90. The smallest absolute Gasteiger partial charge is 0.330 e. The SMILES string of the molecule is CC(=O)CCC(=O)OCC1OC(n2cc(COCCCCCCc3ccc4ccc5cccc6ccc3c4c56)c(=O)[nH]c2=O)C[C@@H]1O. The van der Waals surface area contributed by atoms with Gasteiger partial charge in [0, 0.05) is 25.6 Å². The standard InChI is InChI=1S/C37H40N2O8/c1-23(40)10-17-33(42)46-22-31-30(41)19-32(47-31)39-20-28(36(43)38-37(39)44)21-45-18-5-3-2-4-7-24-11-12-27-14-13-25-8-6-9-26-15-16-29(24)35(27)34(25)26/h6,8-9,11-16,20,30-32,41H,2-5,7,10,17-19,21-22H2,1H3,(H,38,43,44)/t30-,31?,32?/m0/s1. The molecule has 10 heteroatoms. The number of aromatic nitrogens is 2. The molecule has 2 heterocycles. The van der Waals surface area contributed by atoms with Crippen molar-refractivity contribution >= 4 is 44.1 Å². The monoisotopic (exact) mass is 640 g/mol. The maximum absolute atomic E-state index is 12.5. The van der Waals surface area contributed by atoms with Gasteiger partial charge >= 0.3 is 11.7 Å². The third kappa shape index (κ3) is 7.45. The Labute approximate surface area is 271 Å². The van der Waals surface area contributed by atoms with Crippen LogP contribution in [0.15, 0.2) is 70.4 Å². The van der Waals surface area contributed by atoms with Crippen molar-refractivity contribution in [2.24, 2.45) is 0 Å². The Hall–Kier alpha value is -4.38. The zero-order valence-corrected chi connectivity index (χ0v) is 26.5. The molecule has 0 aliphatic carbocycles. The molecule has 1 saturated heterocycles. The summed E-state index contributed by atoms with van der Waals surface area (Å²) in [5.41, 5.74) is 0.446. The van der Waals surface area contributed by atoms with E-state index in [4.69, 9.17) is 14.2 Å². The lowest BCUT2D eigenvalue weighted by Gasteiger charge is -2.17. The summed E-state index contributed by atoms with van der Waals surface area (Å²) in [5.74, 6) is -0.688. The number of rotatable bonds is 15. The van der Waals surface area contributed by atoms with Crippen molar-refractivity contribution in [3.63, 3.8) is 0 Å². The summed E-state index contributed by atoms with van der Waals surface area (Å²) in [5, 5.41) is 18.3. The van der Waals surface area contributed by atoms with Crippen molar-refractivity contribution in [2.45, 2.75) is 83.3 Å². The Kier molecular flexibility index (Phi) is 10.1. The zero-order valence-electron chi connectivity index (χ0n) is 26.5. The molecule has 0 bridgehead atoms. The molecule has 1 aliphatic heterocycles. The zero-order chi connectivity index (χ0) is 32.9. The number of ether oxygens (including phenoxy) is 3. The Morgan fingerprint density at radius 2 is 1.64 bits per heavy atom. The van der Waals surface area contributed by atoms with Crippen LogP contribution in [-0.4, -0.2) is 51.8 Å². The lowest BCUT2D eigenvalue weighted by molar-refractivity contribution is -0.151. The van der Waals surface area contributed by atoms with Crippen molar-refractivity contribution in [1.82, 2.24) is 9.55 Å². The van der Waals surface area contributed by atoms with Gasteiger partial charge in [0.15, 0.2) is 0 Å². The van der Waals surface area contributed by atoms with Crippen LogP contribution < -0.4 is 11.2 Å². The van der Waals surface area contributed by atoms with E-state index in [1.165, 1.54) is 55.6 Å². The van der Waals surface area contributed by atoms with Gasteiger partial charge in [-0.25, -0.2) is 4.79 Å². The number of hydrogen-bond acceptors (Lipinski definition) is 8. The molecule has 6 rings (SSSR count). The minimum absolute atomic E-state index is 0.0325. The van der Waals surface area contributed by atoms with Gasteiger partial charge < -0.3 is 24.1 Å². The van der Waals surface area contributed by atoms with Crippen LogP contribution >= 0.6 is 0 Å². The summed E-state index contributed by atoms with van der Waals surface area (Å²) in [7, 11) is 0. The number of carbonyl (C=O) groups is 2. The number of H-pyrrole nitrogens is 1. The Balaban J connectivity index is 0.953. The van der Waals surface area contributed by atoms with Crippen LogP contribution in [0.2, 0.25) is 0 Å². The molecule has 5 aromatic rings. The second kappa shape index (κ2) is 14.6. The highest BCUT2D eigenvalue weighted by molar-refractivity contribution is 6.23. The predicted octanol–water partition coefficient (Wildman–Crippen LogP) is 5.31. The number of unbranched alkanes of at least 4 members (excludes halogenated alkanes) is 3. The molecule has 47 heavy (non-hydrogen) atoms. The predicted molar refractivity (Wildman–Crippen MR) is 179 cm³/mol. The fourth-order valence-electron chi connectivity index (χ4n) is 6.47. The number of benzene rings is 4. The molecule has 2 unspecified atom stereocenters. The van der Waals surface area contributed by atoms with Crippen LogP contribution in [-0.2, 0) is 36.8 Å². The summed E-state index contributed by atoms with van der Waals surface area (Å²) in [6.45, 7) is 1.69.